The number of ether oxygens (including phenoxy) is 2. The van der Waals surface area contributed by atoms with E-state index in [-0.39, 0.29) is 12.5 Å². The quantitative estimate of drug-likeness (QED) is 0.714. The molecule has 0 aromatic rings. The maximum absolute atomic E-state index is 12.3. The first kappa shape index (κ1) is 13.1. The molecule has 7 heteroatoms. The fraction of sp³-hybridized carbons (Fsp3) is 0.818. The van der Waals surface area contributed by atoms with Gasteiger partial charge in [-0.2, -0.15) is 0 Å². The first-order chi connectivity index (χ1) is 8.43. The maximum Gasteiger partial charge on any atom is 0.410 e. The number of amides is 2. The highest BCUT2D eigenvalue weighted by molar-refractivity contribution is 5.86. The molecule has 102 valence electrons. The highest BCUT2D eigenvalue weighted by Gasteiger charge is 2.48. The zero-order chi connectivity index (χ0) is 13.3. The van der Waals surface area contributed by atoms with Crippen LogP contribution in [0.2, 0.25) is 0 Å². The van der Waals surface area contributed by atoms with Gasteiger partial charge in [0.15, 0.2) is 0 Å². The van der Waals surface area contributed by atoms with E-state index in [1.807, 2.05) is 0 Å². The zero-order valence-corrected chi connectivity index (χ0v) is 10.6. The summed E-state index contributed by atoms with van der Waals surface area (Å²) < 4.78 is 10.6. The van der Waals surface area contributed by atoms with E-state index in [1.165, 1.54) is 0 Å². The van der Waals surface area contributed by atoms with Crippen molar-refractivity contribution in [3.05, 3.63) is 0 Å². The molecule has 0 aromatic carbocycles. The Bertz CT molecular complexity index is 351. The Morgan fingerprint density at radius 3 is 2.44 bits per heavy atom. The molecule has 0 bridgehead atoms. The number of nitrogens with zero attached hydrogens (tertiary/aromatic N) is 2. The number of morpholine rings is 1. The van der Waals surface area contributed by atoms with Crippen LogP contribution in [0.25, 0.3) is 0 Å². The Kier molecular flexibility index (Phi) is 3.45. The van der Waals surface area contributed by atoms with Gasteiger partial charge in [0.05, 0.1) is 19.8 Å². The number of rotatable bonds is 1. The van der Waals surface area contributed by atoms with E-state index < -0.39 is 17.9 Å². The van der Waals surface area contributed by atoms with Crippen molar-refractivity contribution in [2.45, 2.75) is 25.6 Å². The number of hydrogen-bond acceptors (Lipinski definition) is 4. The lowest BCUT2D eigenvalue weighted by Crippen LogP contribution is -2.55. The molecular formula is C11H18N2O5. The SMILES string of the molecule is CC1(C)OC[C@@H](C(=O)N2CCOCC2)N1C(=O)O. The van der Waals surface area contributed by atoms with Crippen LogP contribution in [0.15, 0.2) is 0 Å². The van der Waals surface area contributed by atoms with Gasteiger partial charge in [-0.3, -0.25) is 9.69 Å². The summed E-state index contributed by atoms with van der Waals surface area (Å²) in [4.78, 5) is 26.3. The van der Waals surface area contributed by atoms with E-state index in [9.17, 15) is 14.7 Å². The molecule has 2 saturated heterocycles. The van der Waals surface area contributed by atoms with Gasteiger partial charge in [0.2, 0.25) is 5.91 Å². The Hall–Kier alpha value is -1.34. The maximum atomic E-state index is 12.3. The van der Waals surface area contributed by atoms with Crippen molar-refractivity contribution < 1.29 is 24.2 Å². The lowest BCUT2D eigenvalue weighted by molar-refractivity contribution is -0.140. The van der Waals surface area contributed by atoms with E-state index in [0.717, 1.165) is 4.90 Å². The largest absolute Gasteiger partial charge is 0.465 e. The fourth-order valence-corrected chi connectivity index (χ4v) is 2.34. The Morgan fingerprint density at radius 1 is 1.28 bits per heavy atom. The van der Waals surface area contributed by atoms with Crippen LogP contribution in [0.3, 0.4) is 0 Å². The minimum Gasteiger partial charge on any atom is -0.465 e. The van der Waals surface area contributed by atoms with E-state index >= 15 is 0 Å². The summed E-state index contributed by atoms with van der Waals surface area (Å²) in [7, 11) is 0. The molecule has 7 nitrogen and oxygen atoms in total. The van der Waals surface area contributed by atoms with Crippen LogP contribution in [-0.2, 0) is 14.3 Å². The van der Waals surface area contributed by atoms with E-state index in [1.54, 1.807) is 18.7 Å². The lowest BCUT2D eigenvalue weighted by Gasteiger charge is -2.34. The number of hydrogen-bond donors (Lipinski definition) is 1. The second-order valence-electron chi connectivity index (χ2n) is 4.86. The van der Waals surface area contributed by atoms with Crippen molar-refractivity contribution in [1.29, 1.82) is 0 Å². The van der Waals surface area contributed by atoms with Gasteiger partial charge in [-0.15, -0.1) is 0 Å². The summed E-state index contributed by atoms with van der Waals surface area (Å²) >= 11 is 0. The Balaban J connectivity index is 2.12. The molecule has 2 rings (SSSR count). The summed E-state index contributed by atoms with van der Waals surface area (Å²) in [6, 6.07) is -0.754. The molecule has 2 heterocycles. The molecule has 2 aliphatic rings. The van der Waals surface area contributed by atoms with Crippen LogP contribution in [0, 0.1) is 0 Å². The topological polar surface area (TPSA) is 79.3 Å². The van der Waals surface area contributed by atoms with Crippen LogP contribution >= 0.6 is 0 Å². The van der Waals surface area contributed by atoms with Crippen LogP contribution in [0.5, 0.6) is 0 Å². The normalized spacial score (nSPS) is 27.3. The molecule has 2 amide bonds. The van der Waals surface area contributed by atoms with Crippen molar-refractivity contribution in [2.24, 2.45) is 0 Å². The minimum atomic E-state index is -1.14. The zero-order valence-electron chi connectivity index (χ0n) is 10.6. The molecule has 0 spiro atoms. The van der Waals surface area contributed by atoms with Gasteiger partial charge in [-0.1, -0.05) is 0 Å². The molecule has 0 saturated carbocycles. The molecule has 18 heavy (non-hydrogen) atoms. The summed E-state index contributed by atoms with van der Waals surface area (Å²) in [6.45, 7) is 5.40. The van der Waals surface area contributed by atoms with Gasteiger partial charge < -0.3 is 19.5 Å². The average molecular weight is 258 g/mol. The van der Waals surface area contributed by atoms with Gasteiger partial charge in [-0.25, -0.2) is 4.79 Å². The Morgan fingerprint density at radius 2 is 1.89 bits per heavy atom. The third kappa shape index (κ3) is 2.28. The van der Waals surface area contributed by atoms with Crippen LogP contribution in [0.1, 0.15) is 13.8 Å². The average Bonchev–Trinajstić information content (AvgIpc) is 2.65. The fourth-order valence-electron chi connectivity index (χ4n) is 2.34. The summed E-state index contributed by atoms with van der Waals surface area (Å²) in [5, 5.41) is 9.22. The minimum absolute atomic E-state index is 0.107. The monoisotopic (exact) mass is 258 g/mol. The van der Waals surface area contributed by atoms with Crippen LogP contribution in [0.4, 0.5) is 4.79 Å². The molecule has 0 radical (unpaired) electrons. The van der Waals surface area contributed by atoms with E-state index in [4.69, 9.17) is 9.47 Å². The third-order valence-corrected chi connectivity index (χ3v) is 3.30. The van der Waals surface area contributed by atoms with Crippen molar-refractivity contribution in [3.63, 3.8) is 0 Å². The van der Waals surface area contributed by atoms with Crippen molar-refractivity contribution in [2.75, 3.05) is 32.9 Å². The molecule has 0 aromatic heterocycles. The van der Waals surface area contributed by atoms with Crippen molar-refractivity contribution in [3.8, 4) is 0 Å². The lowest BCUT2D eigenvalue weighted by atomic mass is 10.2. The van der Waals surface area contributed by atoms with Crippen LogP contribution < -0.4 is 0 Å². The second-order valence-corrected chi connectivity index (χ2v) is 4.86. The van der Waals surface area contributed by atoms with Gasteiger partial charge in [0, 0.05) is 13.1 Å². The molecule has 2 fully saturated rings. The van der Waals surface area contributed by atoms with Crippen molar-refractivity contribution in [1.82, 2.24) is 9.80 Å². The number of carbonyl (C=O) groups is 2. The molecule has 2 aliphatic heterocycles. The number of carboxylic acid groups (broad SMARTS) is 1. The smallest absolute Gasteiger partial charge is 0.410 e. The standard InChI is InChI=1S/C11H18N2O5/c1-11(2)13(10(15)16)8(7-18-11)9(14)12-3-5-17-6-4-12/h8H,3-7H2,1-2H3,(H,15,16)/t8-/m0/s1. The van der Waals surface area contributed by atoms with Gasteiger partial charge in [-0.05, 0) is 13.8 Å². The second kappa shape index (κ2) is 4.74. The molecule has 0 aliphatic carbocycles. The summed E-state index contributed by atoms with van der Waals surface area (Å²) in [5.74, 6) is -0.203. The van der Waals surface area contributed by atoms with Crippen LogP contribution in [-0.4, -0.2) is 71.6 Å². The third-order valence-electron chi connectivity index (χ3n) is 3.30. The highest BCUT2D eigenvalue weighted by atomic mass is 16.5. The predicted octanol–water partition coefficient (Wildman–Crippen LogP) is -0.0399. The highest BCUT2D eigenvalue weighted by Crippen LogP contribution is 2.28. The Labute approximate surface area is 105 Å². The molecule has 1 N–H and O–H groups in total. The molecule has 0 unspecified atom stereocenters. The molecule has 1 atom stereocenters. The summed E-state index contributed by atoms with van der Waals surface area (Å²) in [6.07, 6.45) is -1.14. The van der Waals surface area contributed by atoms with Gasteiger partial charge in [0.25, 0.3) is 0 Å². The first-order valence-corrected chi connectivity index (χ1v) is 5.96. The van der Waals surface area contributed by atoms with Crippen molar-refractivity contribution >= 4 is 12.0 Å². The van der Waals surface area contributed by atoms with E-state index in [0.29, 0.717) is 26.3 Å². The summed E-state index contributed by atoms with van der Waals surface area (Å²) in [5.41, 5.74) is -0.960. The van der Waals surface area contributed by atoms with E-state index in [2.05, 4.69) is 0 Å². The molecular weight excluding hydrogens is 240 g/mol. The van der Waals surface area contributed by atoms with Gasteiger partial charge >= 0.3 is 6.09 Å². The van der Waals surface area contributed by atoms with Gasteiger partial charge in [0.1, 0.15) is 11.8 Å². The number of carbonyl (C=O) groups excluding carboxylic acids is 1. The first-order valence-electron chi connectivity index (χ1n) is 5.96. The predicted molar refractivity (Wildman–Crippen MR) is 61.1 cm³/mol.